The fourth-order valence-corrected chi connectivity index (χ4v) is 5.78. The molecule has 0 aliphatic carbocycles. The Bertz CT molecular complexity index is 1670. The molecule has 0 saturated carbocycles. The number of nitrogens with zero attached hydrogens (tertiary/aromatic N) is 1. The van der Waals surface area contributed by atoms with E-state index in [4.69, 9.17) is 9.47 Å². The Labute approximate surface area is 259 Å². The Morgan fingerprint density at radius 3 is 1.95 bits per heavy atom. The van der Waals surface area contributed by atoms with Gasteiger partial charge in [0.25, 0.3) is 5.91 Å². The summed E-state index contributed by atoms with van der Waals surface area (Å²) in [5.74, 6) is -0.172. The average molecular weight is 615 g/mol. The molecule has 9 heteroatoms. The van der Waals surface area contributed by atoms with Crippen LogP contribution in [0.4, 0.5) is 4.79 Å². The fourth-order valence-electron chi connectivity index (χ4n) is 4.50. The highest BCUT2D eigenvalue weighted by atomic mass is 32.2. The van der Waals surface area contributed by atoms with Crippen molar-refractivity contribution >= 4 is 21.8 Å². The van der Waals surface area contributed by atoms with Crippen molar-refractivity contribution in [3.63, 3.8) is 0 Å². The van der Waals surface area contributed by atoms with E-state index in [0.717, 1.165) is 16.7 Å². The average Bonchev–Trinajstić information content (AvgIpc) is 3.02. The van der Waals surface area contributed by atoms with Crippen LogP contribution in [0.5, 0.6) is 5.75 Å². The van der Waals surface area contributed by atoms with Crippen LogP contribution in [-0.2, 0) is 34.1 Å². The summed E-state index contributed by atoms with van der Waals surface area (Å²) < 4.78 is 38.4. The monoisotopic (exact) mass is 614 g/mol. The molecule has 2 amide bonds. The van der Waals surface area contributed by atoms with E-state index in [9.17, 15) is 18.0 Å². The molecular weight excluding hydrogens is 576 g/mol. The second-order valence-corrected chi connectivity index (χ2v) is 13.2. The van der Waals surface area contributed by atoms with Crippen molar-refractivity contribution in [1.82, 2.24) is 10.2 Å². The Hall–Kier alpha value is -4.63. The van der Waals surface area contributed by atoms with E-state index in [1.807, 2.05) is 81.4 Å². The minimum absolute atomic E-state index is 0.0227. The number of amides is 2. The van der Waals surface area contributed by atoms with Gasteiger partial charge in [0.05, 0.1) is 22.0 Å². The van der Waals surface area contributed by atoms with Crippen molar-refractivity contribution in [3.8, 4) is 5.75 Å². The fraction of sp³-hybridized carbons (Fsp3) is 0.257. The standard InChI is InChI=1S/C35H38N2O6S/c1-35(2,3)37(24-27-11-7-5-8-12-27)34(39)42-22-21-26-15-17-29(18-16-26)44(40,41)30-19-20-32(31(23-30)33(38)36-4)43-25-28-13-9-6-10-14-28/h5-20,23H,21-22,24-25H2,1-4H3,(H,36,38). The van der Waals surface area contributed by atoms with Crippen molar-refractivity contribution in [3.05, 3.63) is 125 Å². The van der Waals surface area contributed by atoms with E-state index < -0.39 is 27.4 Å². The third-order valence-corrected chi connectivity index (χ3v) is 8.80. The number of benzene rings is 4. The molecule has 8 nitrogen and oxygen atoms in total. The van der Waals surface area contributed by atoms with Crippen LogP contribution in [0.1, 0.15) is 47.8 Å². The van der Waals surface area contributed by atoms with Crippen molar-refractivity contribution in [2.45, 2.75) is 55.7 Å². The van der Waals surface area contributed by atoms with Crippen molar-refractivity contribution in [2.24, 2.45) is 0 Å². The summed E-state index contributed by atoms with van der Waals surface area (Å²) in [5.41, 5.74) is 2.43. The number of rotatable bonds is 11. The molecule has 0 aliphatic heterocycles. The lowest BCUT2D eigenvalue weighted by atomic mass is 10.1. The summed E-state index contributed by atoms with van der Waals surface area (Å²) in [6, 6.07) is 29.9. The van der Waals surface area contributed by atoms with Gasteiger partial charge in [-0.25, -0.2) is 13.2 Å². The quantitative estimate of drug-likeness (QED) is 0.209. The third-order valence-electron chi connectivity index (χ3n) is 7.03. The number of hydrogen-bond donors (Lipinski definition) is 1. The molecule has 0 radical (unpaired) electrons. The second kappa shape index (κ2) is 14.2. The number of sulfone groups is 1. The second-order valence-electron chi connectivity index (χ2n) is 11.3. The van der Waals surface area contributed by atoms with Crippen LogP contribution in [0.2, 0.25) is 0 Å². The number of carbonyl (C=O) groups excluding carboxylic acids is 2. The van der Waals surface area contributed by atoms with Gasteiger partial charge in [-0.15, -0.1) is 0 Å². The molecule has 0 unspecified atom stereocenters. The van der Waals surface area contributed by atoms with Crippen molar-refractivity contribution < 1.29 is 27.5 Å². The maximum atomic E-state index is 13.5. The predicted molar refractivity (Wildman–Crippen MR) is 169 cm³/mol. The van der Waals surface area contributed by atoms with Gasteiger partial charge in [-0.05, 0) is 67.8 Å². The Balaban J connectivity index is 1.42. The van der Waals surface area contributed by atoms with Gasteiger partial charge in [0.1, 0.15) is 12.4 Å². The highest BCUT2D eigenvalue weighted by molar-refractivity contribution is 7.91. The lowest BCUT2D eigenvalue weighted by Gasteiger charge is -2.34. The predicted octanol–water partition coefficient (Wildman–Crippen LogP) is 6.44. The van der Waals surface area contributed by atoms with Gasteiger partial charge in [-0.3, -0.25) is 9.69 Å². The van der Waals surface area contributed by atoms with Gasteiger partial charge in [0.15, 0.2) is 0 Å². The summed E-state index contributed by atoms with van der Waals surface area (Å²) in [4.78, 5) is 27.3. The molecule has 1 N–H and O–H groups in total. The minimum Gasteiger partial charge on any atom is -0.488 e. The number of ether oxygens (including phenoxy) is 2. The first kappa shape index (κ1) is 32.3. The first-order chi connectivity index (χ1) is 21.0. The smallest absolute Gasteiger partial charge is 0.410 e. The SMILES string of the molecule is CNC(=O)c1cc(S(=O)(=O)c2ccc(CCOC(=O)N(Cc3ccccc3)C(C)(C)C)cc2)ccc1OCc1ccccc1. The van der Waals surface area contributed by atoms with E-state index in [2.05, 4.69) is 5.32 Å². The van der Waals surface area contributed by atoms with E-state index >= 15 is 0 Å². The van der Waals surface area contributed by atoms with Crippen LogP contribution in [0.25, 0.3) is 0 Å². The van der Waals surface area contributed by atoms with Gasteiger partial charge in [0.2, 0.25) is 9.84 Å². The molecular formula is C35H38N2O6S. The van der Waals surface area contributed by atoms with E-state index in [-0.39, 0.29) is 34.3 Å². The first-order valence-corrected chi connectivity index (χ1v) is 15.8. The summed E-state index contributed by atoms with van der Waals surface area (Å²) >= 11 is 0. The largest absolute Gasteiger partial charge is 0.488 e. The molecule has 0 heterocycles. The molecule has 4 aromatic carbocycles. The molecule has 4 rings (SSSR count). The van der Waals surface area contributed by atoms with Gasteiger partial charge in [-0.1, -0.05) is 72.8 Å². The van der Waals surface area contributed by atoms with Crippen LogP contribution < -0.4 is 10.1 Å². The van der Waals surface area contributed by atoms with E-state index in [0.29, 0.717) is 13.0 Å². The van der Waals surface area contributed by atoms with Crippen molar-refractivity contribution in [2.75, 3.05) is 13.7 Å². The number of carbonyl (C=O) groups is 2. The van der Waals surface area contributed by atoms with Crippen molar-refractivity contribution in [1.29, 1.82) is 0 Å². The molecule has 0 fully saturated rings. The summed E-state index contributed by atoms with van der Waals surface area (Å²) in [7, 11) is -2.45. The van der Waals surface area contributed by atoms with Gasteiger partial charge in [0, 0.05) is 25.6 Å². The zero-order chi connectivity index (χ0) is 31.7. The Kier molecular flexibility index (Phi) is 10.4. The molecule has 230 valence electrons. The topological polar surface area (TPSA) is 102 Å². The highest BCUT2D eigenvalue weighted by Crippen LogP contribution is 2.28. The lowest BCUT2D eigenvalue weighted by Crippen LogP contribution is -2.45. The maximum absolute atomic E-state index is 13.5. The minimum atomic E-state index is -3.92. The van der Waals surface area contributed by atoms with Gasteiger partial charge < -0.3 is 14.8 Å². The van der Waals surface area contributed by atoms with E-state index in [1.165, 1.54) is 37.4 Å². The highest BCUT2D eigenvalue weighted by Gasteiger charge is 2.28. The van der Waals surface area contributed by atoms with Crippen LogP contribution in [0.3, 0.4) is 0 Å². The number of hydrogen-bond acceptors (Lipinski definition) is 6. The summed E-state index contributed by atoms with van der Waals surface area (Å²) in [5, 5.41) is 2.55. The summed E-state index contributed by atoms with van der Waals surface area (Å²) in [6.07, 6.45) is 0.00702. The van der Waals surface area contributed by atoms with Crippen LogP contribution >= 0.6 is 0 Å². The van der Waals surface area contributed by atoms with Crippen LogP contribution in [0, 0.1) is 0 Å². The molecule has 0 saturated heterocycles. The normalized spacial score (nSPS) is 11.5. The van der Waals surface area contributed by atoms with Gasteiger partial charge >= 0.3 is 6.09 Å². The molecule has 0 aliphatic rings. The Morgan fingerprint density at radius 2 is 1.36 bits per heavy atom. The van der Waals surface area contributed by atoms with Gasteiger partial charge in [-0.2, -0.15) is 0 Å². The molecule has 0 atom stereocenters. The number of nitrogens with one attached hydrogen (secondary N) is 1. The molecule has 0 spiro atoms. The first-order valence-electron chi connectivity index (χ1n) is 14.3. The third kappa shape index (κ3) is 8.26. The molecule has 4 aromatic rings. The Morgan fingerprint density at radius 1 is 0.773 bits per heavy atom. The molecule has 44 heavy (non-hydrogen) atoms. The maximum Gasteiger partial charge on any atom is 0.410 e. The summed E-state index contributed by atoms with van der Waals surface area (Å²) in [6.45, 7) is 6.68. The zero-order valence-corrected chi connectivity index (χ0v) is 26.3. The molecule has 0 aromatic heterocycles. The van der Waals surface area contributed by atoms with E-state index in [1.54, 1.807) is 17.0 Å². The zero-order valence-electron chi connectivity index (χ0n) is 25.4. The molecule has 0 bridgehead atoms. The van der Waals surface area contributed by atoms with Crippen LogP contribution in [-0.4, -0.2) is 44.5 Å². The van der Waals surface area contributed by atoms with Crippen LogP contribution in [0.15, 0.2) is 113 Å². The lowest BCUT2D eigenvalue weighted by molar-refractivity contribution is 0.0644.